The van der Waals surface area contributed by atoms with E-state index in [-0.39, 0.29) is 5.75 Å². The third-order valence-electron chi connectivity index (χ3n) is 2.88. The Labute approximate surface area is 123 Å². The predicted octanol–water partition coefficient (Wildman–Crippen LogP) is 3.95. The van der Waals surface area contributed by atoms with Gasteiger partial charge in [0.1, 0.15) is 5.75 Å². The van der Waals surface area contributed by atoms with Crippen LogP contribution in [0.3, 0.4) is 0 Å². The van der Waals surface area contributed by atoms with Gasteiger partial charge in [-0.1, -0.05) is 6.07 Å². The van der Waals surface area contributed by atoms with Crippen LogP contribution in [0.2, 0.25) is 0 Å². The largest absolute Gasteiger partial charge is 0.492 e. The Morgan fingerprint density at radius 1 is 1.05 bits per heavy atom. The van der Waals surface area contributed by atoms with Crippen molar-refractivity contribution in [2.75, 3.05) is 24.3 Å². The maximum absolute atomic E-state index is 13.8. The molecule has 112 valence electrons. The van der Waals surface area contributed by atoms with Gasteiger partial charge in [-0.15, -0.1) is 0 Å². The molecule has 0 radical (unpaired) electrons. The molecular weight excluding hydrogens is 271 g/mol. The number of halogens is 1. The lowest BCUT2D eigenvalue weighted by atomic mass is 10.2. The molecule has 5 heteroatoms. The number of para-hydroxylation sites is 1. The van der Waals surface area contributed by atoms with Crippen molar-refractivity contribution in [2.24, 2.45) is 0 Å². The summed E-state index contributed by atoms with van der Waals surface area (Å²) >= 11 is 0. The molecule has 0 saturated carbocycles. The summed E-state index contributed by atoms with van der Waals surface area (Å²) in [5, 5.41) is 3.08. The fourth-order valence-electron chi connectivity index (χ4n) is 1.94. The predicted molar refractivity (Wildman–Crippen MR) is 82.9 cm³/mol. The number of nitrogen functional groups attached to an aromatic ring is 1. The number of ether oxygens (including phenoxy) is 2. The van der Waals surface area contributed by atoms with E-state index in [9.17, 15) is 4.39 Å². The second-order valence-electron chi connectivity index (χ2n) is 4.35. The number of anilines is 3. The molecule has 0 aliphatic carbocycles. The highest BCUT2D eigenvalue weighted by Crippen LogP contribution is 2.32. The molecular formula is C16H19FN2O2. The Balaban J connectivity index is 2.22. The van der Waals surface area contributed by atoms with E-state index in [0.29, 0.717) is 36.0 Å². The van der Waals surface area contributed by atoms with Gasteiger partial charge < -0.3 is 20.5 Å². The standard InChI is InChI=1S/C16H19FN2O2/c1-3-20-14-9-8-11(10-12(14)17)19-13-6-5-7-15(16(13)18)21-4-2/h5-10,19H,3-4,18H2,1-2H3. The molecule has 0 spiro atoms. The molecule has 2 rings (SSSR count). The topological polar surface area (TPSA) is 56.5 Å². The minimum absolute atomic E-state index is 0.235. The van der Waals surface area contributed by atoms with Crippen molar-refractivity contribution in [3.05, 3.63) is 42.2 Å². The van der Waals surface area contributed by atoms with Crippen LogP contribution in [0, 0.1) is 5.82 Å². The number of rotatable bonds is 6. The Morgan fingerprint density at radius 2 is 1.76 bits per heavy atom. The zero-order chi connectivity index (χ0) is 15.2. The van der Waals surface area contributed by atoms with Crippen molar-refractivity contribution in [1.29, 1.82) is 0 Å². The summed E-state index contributed by atoms with van der Waals surface area (Å²) in [5.74, 6) is 0.425. The van der Waals surface area contributed by atoms with Crippen LogP contribution in [-0.2, 0) is 0 Å². The highest BCUT2D eigenvalue weighted by Gasteiger charge is 2.08. The Bertz CT molecular complexity index is 617. The third kappa shape index (κ3) is 3.56. The van der Waals surface area contributed by atoms with Gasteiger partial charge in [0.15, 0.2) is 11.6 Å². The monoisotopic (exact) mass is 290 g/mol. The fraction of sp³-hybridized carbons (Fsp3) is 0.250. The van der Waals surface area contributed by atoms with Gasteiger partial charge in [-0.3, -0.25) is 0 Å². The Hall–Kier alpha value is -2.43. The van der Waals surface area contributed by atoms with Crippen LogP contribution in [-0.4, -0.2) is 13.2 Å². The zero-order valence-corrected chi connectivity index (χ0v) is 12.2. The smallest absolute Gasteiger partial charge is 0.167 e. The summed E-state index contributed by atoms with van der Waals surface area (Å²) in [6.07, 6.45) is 0. The van der Waals surface area contributed by atoms with Crippen LogP contribution in [0.25, 0.3) is 0 Å². The number of hydrogen-bond acceptors (Lipinski definition) is 4. The van der Waals surface area contributed by atoms with Crippen LogP contribution < -0.4 is 20.5 Å². The van der Waals surface area contributed by atoms with Gasteiger partial charge in [-0.2, -0.15) is 0 Å². The molecule has 0 aromatic heterocycles. The molecule has 0 unspecified atom stereocenters. The van der Waals surface area contributed by atoms with Crippen LogP contribution in [0.15, 0.2) is 36.4 Å². The van der Waals surface area contributed by atoms with Gasteiger partial charge in [0.2, 0.25) is 0 Å². The van der Waals surface area contributed by atoms with Gasteiger partial charge in [-0.25, -0.2) is 4.39 Å². The molecule has 0 atom stereocenters. The minimum atomic E-state index is -0.415. The average molecular weight is 290 g/mol. The molecule has 2 aromatic carbocycles. The van der Waals surface area contributed by atoms with E-state index >= 15 is 0 Å². The Morgan fingerprint density at radius 3 is 2.43 bits per heavy atom. The Kier molecular flexibility index (Phi) is 4.87. The highest BCUT2D eigenvalue weighted by molar-refractivity contribution is 5.77. The SMILES string of the molecule is CCOc1ccc(Nc2cccc(OCC)c2N)cc1F. The first-order valence-corrected chi connectivity index (χ1v) is 6.86. The molecule has 0 fully saturated rings. The highest BCUT2D eigenvalue weighted by atomic mass is 19.1. The fourth-order valence-corrected chi connectivity index (χ4v) is 1.94. The molecule has 0 amide bonds. The third-order valence-corrected chi connectivity index (χ3v) is 2.88. The average Bonchev–Trinajstić information content (AvgIpc) is 2.46. The van der Waals surface area contributed by atoms with Crippen LogP contribution in [0.5, 0.6) is 11.5 Å². The maximum atomic E-state index is 13.8. The molecule has 0 heterocycles. The number of nitrogens with one attached hydrogen (secondary N) is 1. The van der Waals surface area contributed by atoms with Gasteiger partial charge >= 0.3 is 0 Å². The van der Waals surface area contributed by atoms with Crippen molar-refractivity contribution in [1.82, 2.24) is 0 Å². The first-order valence-electron chi connectivity index (χ1n) is 6.86. The molecule has 4 nitrogen and oxygen atoms in total. The van der Waals surface area contributed by atoms with E-state index < -0.39 is 5.82 Å². The van der Waals surface area contributed by atoms with E-state index in [4.69, 9.17) is 15.2 Å². The first kappa shape index (κ1) is 15.0. The molecule has 0 saturated heterocycles. The lowest BCUT2D eigenvalue weighted by molar-refractivity contribution is 0.321. The van der Waals surface area contributed by atoms with Gasteiger partial charge in [0, 0.05) is 11.8 Å². The zero-order valence-electron chi connectivity index (χ0n) is 12.2. The first-order chi connectivity index (χ1) is 10.2. The second kappa shape index (κ2) is 6.83. The molecule has 0 aliphatic heterocycles. The lowest BCUT2D eigenvalue weighted by Crippen LogP contribution is -2.01. The number of hydrogen-bond donors (Lipinski definition) is 2. The van der Waals surface area contributed by atoms with Crippen molar-refractivity contribution in [2.45, 2.75) is 13.8 Å². The quantitative estimate of drug-likeness (QED) is 0.791. The van der Waals surface area contributed by atoms with Crippen molar-refractivity contribution in [3.8, 4) is 11.5 Å². The summed E-state index contributed by atoms with van der Waals surface area (Å²) < 4.78 is 24.4. The summed E-state index contributed by atoms with van der Waals surface area (Å²) in [4.78, 5) is 0. The maximum Gasteiger partial charge on any atom is 0.167 e. The van der Waals surface area contributed by atoms with Crippen LogP contribution in [0.4, 0.5) is 21.5 Å². The molecule has 3 N–H and O–H groups in total. The van der Waals surface area contributed by atoms with Crippen molar-refractivity contribution >= 4 is 17.1 Å². The molecule has 21 heavy (non-hydrogen) atoms. The normalized spacial score (nSPS) is 10.2. The van der Waals surface area contributed by atoms with Crippen molar-refractivity contribution in [3.63, 3.8) is 0 Å². The molecule has 0 aliphatic rings. The van der Waals surface area contributed by atoms with E-state index in [2.05, 4.69) is 5.32 Å². The minimum Gasteiger partial charge on any atom is -0.492 e. The molecule has 0 bridgehead atoms. The summed E-state index contributed by atoms with van der Waals surface area (Å²) in [6, 6.07) is 10.1. The van der Waals surface area contributed by atoms with Gasteiger partial charge in [-0.05, 0) is 38.1 Å². The van der Waals surface area contributed by atoms with Crippen molar-refractivity contribution < 1.29 is 13.9 Å². The van der Waals surface area contributed by atoms with E-state index in [1.54, 1.807) is 18.2 Å². The van der Waals surface area contributed by atoms with E-state index in [1.165, 1.54) is 6.07 Å². The lowest BCUT2D eigenvalue weighted by Gasteiger charge is -2.14. The van der Waals surface area contributed by atoms with Gasteiger partial charge in [0.05, 0.1) is 24.6 Å². The van der Waals surface area contributed by atoms with Crippen LogP contribution >= 0.6 is 0 Å². The second-order valence-corrected chi connectivity index (χ2v) is 4.35. The molecule has 2 aromatic rings. The van der Waals surface area contributed by atoms with Gasteiger partial charge in [0.25, 0.3) is 0 Å². The summed E-state index contributed by atoms with van der Waals surface area (Å²) in [5.41, 5.74) is 7.79. The summed E-state index contributed by atoms with van der Waals surface area (Å²) in [6.45, 7) is 4.66. The van der Waals surface area contributed by atoms with E-state index in [0.717, 1.165) is 0 Å². The van der Waals surface area contributed by atoms with E-state index in [1.807, 2.05) is 26.0 Å². The summed E-state index contributed by atoms with van der Waals surface area (Å²) in [7, 11) is 0. The van der Waals surface area contributed by atoms with Crippen LogP contribution in [0.1, 0.15) is 13.8 Å². The number of benzene rings is 2. The number of nitrogens with two attached hydrogens (primary N) is 1.